The number of hydrogen-bond acceptors (Lipinski definition) is 6. The van der Waals surface area contributed by atoms with Crippen LogP contribution in [0.3, 0.4) is 0 Å². The highest BCUT2D eigenvalue weighted by atomic mass is 32.1. The van der Waals surface area contributed by atoms with Crippen molar-refractivity contribution >= 4 is 28.3 Å². The lowest BCUT2D eigenvalue weighted by molar-refractivity contribution is -0.125. The largest absolute Gasteiger partial charge is 0.355 e. The highest BCUT2D eigenvalue weighted by molar-refractivity contribution is 7.13. The van der Waals surface area contributed by atoms with Gasteiger partial charge >= 0.3 is 0 Å². The smallest absolute Gasteiger partial charge is 0.227 e. The first kappa shape index (κ1) is 16.6. The quantitative estimate of drug-likeness (QED) is 0.628. The third kappa shape index (κ3) is 4.16. The molecule has 1 saturated heterocycles. The van der Waals surface area contributed by atoms with Gasteiger partial charge in [-0.05, 0) is 5.56 Å². The van der Waals surface area contributed by atoms with Gasteiger partial charge < -0.3 is 10.6 Å². The van der Waals surface area contributed by atoms with E-state index < -0.39 is 0 Å². The van der Waals surface area contributed by atoms with Crippen molar-refractivity contribution in [3.05, 3.63) is 47.5 Å². The lowest BCUT2D eigenvalue weighted by atomic mass is 9.94. The number of rotatable bonds is 6. The van der Waals surface area contributed by atoms with Crippen molar-refractivity contribution in [1.82, 2.24) is 21.2 Å². The fourth-order valence-corrected chi connectivity index (χ4v) is 3.16. The van der Waals surface area contributed by atoms with Crippen molar-refractivity contribution in [3.63, 3.8) is 0 Å². The van der Waals surface area contributed by atoms with Crippen molar-refractivity contribution in [2.24, 2.45) is 5.92 Å². The van der Waals surface area contributed by atoms with Crippen molar-refractivity contribution in [2.75, 3.05) is 18.4 Å². The molecule has 0 spiro atoms. The first-order valence-corrected chi connectivity index (χ1v) is 8.62. The van der Waals surface area contributed by atoms with E-state index in [9.17, 15) is 9.59 Å². The second-order valence-corrected chi connectivity index (χ2v) is 6.34. The number of anilines is 1. The summed E-state index contributed by atoms with van der Waals surface area (Å²) in [5, 5.41) is 7.89. The Bertz CT molecular complexity index is 677. The molecule has 3 rings (SSSR count). The summed E-state index contributed by atoms with van der Waals surface area (Å²) >= 11 is 1.36. The van der Waals surface area contributed by atoms with Crippen LogP contribution in [0.5, 0.6) is 0 Å². The maximum atomic E-state index is 12.4. The molecule has 1 fully saturated rings. The van der Waals surface area contributed by atoms with E-state index in [1.165, 1.54) is 11.3 Å². The molecular weight excluding hydrogens is 326 g/mol. The van der Waals surface area contributed by atoms with Crippen LogP contribution in [0.25, 0.3) is 0 Å². The molecule has 0 radical (unpaired) electrons. The molecule has 7 nitrogen and oxygen atoms in total. The fourth-order valence-electron chi connectivity index (χ4n) is 2.61. The molecule has 1 aliphatic heterocycles. The second kappa shape index (κ2) is 8.00. The zero-order chi connectivity index (χ0) is 16.8. The Morgan fingerprint density at radius 1 is 1.29 bits per heavy atom. The van der Waals surface area contributed by atoms with Crippen molar-refractivity contribution in [3.8, 4) is 0 Å². The zero-order valence-corrected chi connectivity index (χ0v) is 13.8. The van der Waals surface area contributed by atoms with E-state index in [4.69, 9.17) is 0 Å². The lowest BCUT2D eigenvalue weighted by Crippen LogP contribution is -2.36. The van der Waals surface area contributed by atoms with Crippen LogP contribution in [0.1, 0.15) is 18.0 Å². The van der Waals surface area contributed by atoms with Gasteiger partial charge in [-0.3, -0.25) is 15.0 Å². The van der Waals surface area contributed by atoms with Crippen molar-refractivity contribution in [1.29, 1.82) is 0 Å². The Morgan fingerprint density at radius 2 is 2.12 bits per heavy atom. The van der Waals surface area contributed by atoms with Crippen LogP contribution in [0.4, 0.5) is 5.13 Å². The number of hydrogen-bond donors (Lipinski definition) is 4. The Labute approximate surface area is 143 Å². The minimum atomic E-state index is -0.213. The third-order valence-electron chi connectivity index (χ3n) is 3.81. The number of hydrazine groups is 1. The van der Waals surface area contributed by atoms with Gasteiger partial charge in [0.2, 0.25) is 11.8 Å². The molecule has 0 bridgehead atoms. The van der Waals surface area contributed by atoms with E-state index >= 15 is 0 Å². The summed E-state index contributed by atoms with van der Waals surface area (Å²) in [5.41, 5.74) is 7.23. The third-order valence-corrected chi connectivity index (χ3v) is 4.50. The molecule has 2 heterocycles. The van der Waals surface area contributed by atoms with E-state index in [1.807, 2.05) is 30.3 Å². The van der Waals surface area contributed by atoms with Crippen LogP contribution in [0, 0.1) is 5.92 Å². The molecule has 1 aromatic heterocycles. The van der Waals surface area contributed by atoms with Crippen LogP contribution in [0.2, 0.25) is 0 Å². The van der Waals surface area contributed by atoms with E-state index in [0.29, 0.717) is 18.2 Å². The first-order chi connectivity index (χ1) is 11.7. The summed E-state index contributed by atoms with van der Waals surface area (Å²) in [6, 6.07) is 9.76. The van der Waals surface area contributed by atoms with Crippen LogP contribution in [-0.4, -0.2) is 29.9 Å². The zero-order valence-electron chi connectivity index (χ0n) is 13.0. The number of carbonyl (C=O) groups excluding carboxylic acids is 2. The summed E-state index contributed by atoms with van der Waals surface area (Å²) in [6.45, 7) is 0.852. The maximum Gasteiger partial charge on any atom is 0.227 e. The SMILES string of the molecule is O=C(CCNC(=O)C1CNNC1c1ccccc1)Nc1nccs1. The van der Waals surface area contributed by atoms with E-state index in [1.54, 1.807) is 11.6 Å². The first-order valence-electron chi connectivity index (χ1n) is 7.74. The number of aromatic nitrogens is 1. The van der Waals surface area contributed by atoms with Gasteiger partial charge in [0.1, 0.15) is 0 Å². The minimum Gasteiger partial charge on any atom is -0.355 e. The molecule has 1 aliphatic rings. The number of nitrogens with zero attached hydrogens (tertiary/aromatic N) is 1. The Morgan fingerprint density at radius 3 is 2.88 bits per heavy atom. The number of amides is 2. The van der Waals surface area contributed by atoms with E-state index in [0.717, 1.165) is 5.56 Å². The highest BCUT2D eigenvalue weighted by Crippen LogP contribution is 2.24. The minimum absolute atomic E-state index is 0.0663. The molecule has 4 N–H and O–H groups in total. The van der Waals surface area contributed by atoms with Gasteiger partial charge in [-0.1, -0.05) is 30.3 Å². The summed E-state index contributed by atoms with van der Waals surface area (Å²) in [7, 11) is 0. The summed E-state index contributed by atoms with van der Waals surface area (Å²) in [6.07, 6.45) is 1.85. The molecule has 2 atom stereocenters. The van der Waals surface area contributed by atoms with Crippen LogP contribution in [-0.2, 0) is 9.59 Å². The van der Waals surface area contributed by atoms with Gasteiger partial charge in [-0.2, -0.15) is 0 Å². The maximum absolute atomic E-state index is 12.4. The Balaban J connectivity index is 1.47. The lowest BCUT2D eigenvalue weighted by Gasteiger charge is -2.18. The average Bonchev–Trinajstić information content (AvgIpc) is 3.27. The molecular formula is C16H19N5O2S. The molecule has 0 saturated carbocycles. The molecule has 2 unspecified atom stereocenters. The van der Waals surface area contributed by atoms with Crippen LogP contribution < -0.4 is 21.5 Å². The normalized spacial score (nSPS) is 19.8. The second-order valence-electron chi connectivity index (χ2n) is 5.45. The van der Waals surface area contributed by atoms with Gasteiger partial charge in [-0.25, -0.2) is 10.4 Å². The molecule has 0 aliphatic carbocycles. The van der Waals surface area contributed by atoms with Crippen LogP contribution >= 0.6 is 11.3 Å². The predicted octanol–water partition coefficient (Wildman–Crippen LogP) is 1.05. The fraction of sp³-hybridized carbons (Fsp3) is 0.312. The molecule has 8 heteroatoms. The molecule has 1 aromatic carbocycles. The molecule has 2 amide bonds. The van der Waals surface area contributed by atoms with Crippen LogP contribution in [0.15, 0.2) is 41.9 Å². The number of carbonyl (C=O) groups is 2. The van der Waals surface area contributed by atoms with Gasteiger partial charge in [0.05, 0.1) is 12.0 Å². The average molecular weight is 345 g/mol. The van der Waals surface area contributed by atoms with Gasteiger partial charge in [-0.15, -0.1) is 11.3 Å². The Kier molecular flexibility index (Phi) is 5.52. The van der Waals surface area contributed by atoms with Gasteiger partial charge in [0.25, 0.3) is 0 Å². The van der Waals surface area contributed by atoms with Gasteiger partial charge in [0, 0.05) is 31.1 Å². The monoisotopic (exact) mass is 345 g/mol. The summed E-state index contributed by atoms with van der Waals surface area (Å²) < 4.78 is 0. The summed E-state index contributed by atoms with van der Waals surface area (Å²) in [5.74, 6) is -0.439. The topological polar surface area (TPSA) is 95.2 Å². The van der Waals surface area contributed by atoms with Gasteiger partial charge in [0.15, 0.2) is 5.13 Å². The highest BCUT2D eigenvalue weighted by Gasteiger charge is 2.33. The number of benzene rings is 1. The number of nitrogens with one attached hydrogen (secondary N) is 4. The standard InChI is InChI=1S/C16H19N5O2S/c22-13(20-16-18-8-9-24-16)6-7-17-15(23)12-10-19-21-14(12)11-4-2-1-3-5-11/h1-5,8-9,12,14,19,21H,6-7,10H2,(H,17,23)(H,18,20,22). The number of thiazole rings is 1. The van der Waals surface area contributed by atoms with Crippen molar-refractivity contribution in [2.45, 2.75) is 12.5 Å². The van der Waals surface area contributed by atoms with E-state index in [2.05, 4.69) is 26.5 Å². The van der Waals surface area contributed by atoms with E-state index in [-0.39, 0.29) is 30.2 Å². The molecule has 126 valence electrons. The Hall–Kier alpha value is -2.29. The van der Waals surface area contributed by atoms with Crippen molar-refractivity contribution < 1.29 is 9.59 Å². The summed E-state index contributed by atoms with van der Waals surface area (Å²) in [4.78, 5) is 28.2. The molecule has 2 aromatic rings. The molecule has 24 heavy (non-hydrogen) atoms. The predicted molar refractivity (Wildman–Crippen MR) is 92.2 cm³/mol.